The number of piperazine rings is 1. The average Bonchev–Trinajstić information content (AvgIpc) is 2.82. The number of hydrogen-bond donors (Lipinski definition) is 0. The summed E-state index contributed by atoms with van der Waals surface area (Å²) in [6.07, 6.45) is 0. The van der Waals surface area contributed by atoms with E-state index in [4.69, 9.17) is 22.6 Å². The van der Waals surface area contributed by atoms with E-state index in [0.717, 1.165) is 11.9 Å². The monoisotopic (exact) mass is 351 g/mol. The predicted octanol–water partition coefficient (Wildman–Crippen LogP) is 4.13. The molecule has 2 aliphatic heterocycles. The molecule has 0 atom stereocenters. The van der Waals surface area contributed by atoms with Crippen LogP contribution in [0, 0.1) is 0 Å². The maximum Gasteiger partial charge on any atom is 0.137 e. The predicted molar refractivity (Wildman–Crippen MR) is 97.3 cm³/mol. The van der Waals surface area contributed by atoms with Crippen LogP contribution in [-0.4, -0.2) is 48.7 Å². The van der Waals surface area contributed by atoms with Gasteiger partial charge in [-0.15, -0.1) is 0 Å². The fourth-order valence-electron chi connectivity index (χ4n) is 2.28. The molecule has 0 amide bonds. The second kappa shape index (κ2) is 6.19. The average molecular weight is 352 g/mol. The van der Waals surface area contributed by atoms with E-state index in [1.54, 1.807) is 24.3 Å². The summed E-state index contributed by atoms with van der Waals surface area (Å²) in [6, 6.07) is 11.9. The minimum Gasteiger partial charge on any atom is -0.354 e. The second-order valence-corrected chi connectivity index (χ2v) is 6.51. The lowest BCUT2D eigenvalue weighted by Gasteiger charge is -2.34. The summed E-state index contributed by atoms with van der Waals surface area (Å²) in [5.41, 5.74) is 0.721. The van der Waals surface area contributed by atoms with Crippen LogP contribution < -0.4 is 0 Å². The van der Waals surface area contributed by atoms with Crippen LogP contribution in [-0.2, 0) is 0 Å². The van der Waals surface area contributed by atoms with Crippen molar-refractivity contribution in [2.24, 2.45) is 4.99 Å². The Bertz CT molecular complexity index is 1060. The van der Waals surface area contributed by atoms with E-state index < -0.39 is 26.0 Å². The standard InChI is InChI=1S/C18H18ClN3S/c1-21-8-10-22(11-9-21)18-14-12-13(19)6-7-16(14)23-17-5-3-2-4-15(17)20-18/h2-7,12H,8-11H2,1H3/i8D2,9D2,10D2,11D2. The highest BCUT2D eigenvalue weighted by Crippen LogP contribution is 2.41. The molecule has 1 saturated heterocycles. The Kier molecular flexibility index (Phi) is 2.30. The zero-order chi connectivity index (χ0) is 23.0. The maximum absolute atomic E-state index is 8.58. The van der Waals surface area contributed by atoms with Crippen LogP contribution >= 0.6 is 23.4 Å². The molecule has 0 aromatic heterocycles. The fraction of sp³-hybridized carbons (Fsp3) is 0.278. The van der Waals surface area contributed by atoms with Crippen molar-refractivity contribution in [1.29, 1.82) is 0 Å². The van der Waals surface area contributed by atoms with Crippen molar-refractivity contribution in [3.8, 4) is 0 Å². The second-order valence-electron chi connectivity index (χ2n) is 4.99. The summed E-state index contributed by atoms with van der Waals surface area (Å²) in [7, 11) is 1.03. The molecule has 0 aliphatic carbocycles. The smallest absolute Gasteiger partial charge is 0.137 e. The fourth-order valence-corrected chi connectivity index (χ4v) is 3.45. The first kappa shape index (κ1) is 8.56. The summed E-state index contributed by atoms with van der Waals surface area (Å²) in [5.74, 6) is -0.231. The number of halogens is 1. The molecule has 1 fully saturated rings. The van der Waals surface area contributed by atoms with Gasteiger partial charge in [0.15, 0.2) is 0 Å². The van der Waals surface area contributed by atoms with Gasteiger partial charge in [0.05, 0.1) is 11.2 Å². The van der Waals surface area contributed by atoms with Crippen molar-refractivity contribution >= 4 is 34.9 Å². The molecule has 0 bridgehead atoms. The molecular formula is C18H18ClN3S. The third-order valence-electron chi connectivity index (χ3n) is 3.36. The molecular weight excluding hydrogens is 326 g/mol. The topological polar surface area (TPSA) is 18.8 Å². The van der Waals surface area contributed by atoms with Gasteiger partial charge in [-0.1, -0.05) is 35.5 Å². The van der Waals surface area contributed by atoms with Gasteiger partial charge >= 0.3 is 0 Å². The van der Waals surface area contributed by atoms with E-state index >= 15 is 0 Å². The molecule has 5 heteroatoms. The van der Waals surface area contributed by atoms with Crippen LogP contribution in [0.5, 0.6) is 0 Å². The first-order chi connectivity index (χ1) is 14.2. The third kappa shape index (κ3) is 2.99. The molecule has 0 saturated carbocycles. The Hall–Kier alpha value is -1.49. The third-order valence-corrected chi connectivity index (χ3v) is 4.74. The van der Waals surface area contributed by atoms with Gasteiger partial charge in [0.2, 0.25) is 0 Å². The lowest BCUT2D eigenvalue weighted by atomic mass is 10.1. The zero-order valence-corrected chi connectivity index (χ0v) is 13.7. The van der Waals surface area contributed by atoms with Gasteiger partial charge in [-0.2, -0.15) is 0 Å². The molecule has 2 aromatic rings. The summed E-state index contributed by atoms with van der Waals surface area (Å²) in [6.45, 7) is -11.7. The summed E-state index contributed by atoms with van der Waals surface area (Å²) in [5, 5.41) is 0.305. The Labute approximate surface area is 157 Å². The highest BCUT2D eigenvalue weighted by molar-refractivity contribution is 7.99. The normalized spacial score (nSPS) is 31.9. The first-order valence-corrected chi connectivity index (χ1v) is 8.12. The van der Waals surface area contributed by atoms with Crippen molar-refractivity contribution < 1.29 is 11.0 Å². The van der Waals surface area contributed by atoms with E-state index in [1.807, 2.05) is 12.1 Å². The Morgan fingerprint density at radius 2 is 1.87 bits per heavy atom. The number of hydrogen-bond acceptors (Lipinski definition) is 4. The summed E-state index contributed by atoms with van der Waals surface area (Å²) < 4.78 is 67.6. The van der Waals surface area contributed by atoms with E-state index in [9.17, 15) is 0 Å². The van der Waals surface area contributed by atoms with Crippen molar-refractivity contribution in [2.75, 3.05) is 33.0 Å². The van der Waals surface area contributed by atoms with E-state index in [2.05, 4.69) is 4.99 Å². The van der Waals surface area contributed by atoms with Crippen molar-refractivity contribution in [1.82, 2.24) is 9.80 Å². The van der Waals surface area contributed by atoms with Gasteiger partial charge in [0, 0.05) is 51.8 Å². The highest BCUT2D eigenvalue weighted by Gasteiger charge is 2.24. The van der Waals surface area contributed by atoms with E-state index in [1.165, 1.54) is 17.8 Å². The minimum absolute atomic E-state index is 0.231. The summed E-state index contributed by atoms with van der Waals surface area (Å²) >= 11 is 7.53. The molecule has 0 N–H and O–H groups in total. The largest absolute Gasteiger partial charge is 0.354 e. The van der Waals surface area contributed by atoms with Crippen molar-refractivity contribution in [2.45, 2.75) is 9.79 Å². The molecule has 118 valence electrons. The number of fused-ring (bicyclic) bond motifs is 2. The minimum atomic E-state index is -2.99. The zero-order valence-electron chi connectivity index (χ0n) is 20.2. The van der Waals surface area contributed by atoms with Crippen LogP contribution in [0.3, 0.4) is 0 Å². The molecule has 0 radical (unpaired) electrons. The first-order valence-electron chi connectivity index (χ1n) is 10.9. The van der Waals surface area contributed by atoms with Gasteiger partial charge < -0.3 is 9.80 Å². The number of rotatable bonds is 0. The summed E-state index contributed by atoms with van der Waals surface area (Å²) in [4.78, 5) is 6.81. The Morgan fingerprint density at radius 3 is 2.70 bits per heavy atom. The van der Waals surface area contributed by atoms with Gasteiger partial charge in [-0.3, -0.25) is 0 Å². The van der Waals surface area contributed by atoms with Crippen molar-refractivity contribution in [3.63, 3.8) is 0 Å². The van der Waals surface area contributed by atoms with Gasteiger partial charge in [-0.25, -0.2) is 4.99 Å². The van der Waals surface area contributed by atoms with E-state index in [-0.39, 0.29) is 11.4 Å². The number of nitrogens with zero attached hydrogens (tertiary/aromatic N) is 3. The SMILES string of the molecule is [2H]C1([2H])N(C)C([2H])([2H])C([2H])([2H])N(C2=Nc3ccccc3Sc3ccc(Cl)cc32)C1([2H])[2H]. The Morgan fingerprint density at radius 1 is 1.09 bits per heavy atom. The number of likely N-dealkylation sites (N-methyl/N-ethyl adjacent to an activating group) is 1. The van der Waals surface area contributed by atoms with Crippen LogP contribution in [0.25, 0.3) is 0 Å². The molecule has 2 aromatic carbocycles. The molecule has 0 spiro atoms. The lowest BCUT2D eigenvalue weighted by molar-refractivity contribution is 0.215. The van der Waals surface area contributed by atoms with E-state index in [0.29, 0.717) is 25.4 Å². The lowest BCUT2D eigenvalue weighted by Crippen LogP contribution is -2.47. The molecule has 3 nitrogen and oxygen atoms in total. The molecule has 0 unspecified atom stereocenters. The van der Waals surface area contributed by atoms with Crippen LogP contribution in [0.2, 0.25) is 5.02 Å². The quantitative estimate of drug-likeness (QED) is 0.711. The van der Waals surface area contributed by atoms with Crippen molar-refractivity contribution in [3.05, 3.63) is 53.1 Å². The highest BCUT2D eigenvalue weighted by atomic mass is 35.5. The number of amidine groups is 1. The van der Waals surface area contributed by atoms with Gasteiger partial charge in [0.1, 0.15) is 5.84 Å². The number of benzene rings is 2. The van der Waals surface area contributed by atoms with Gasteiger partial charge in [-0.05, 0) is 37.4 Å². The molecule has 23 heavy (non-hydrogen) atoms. The van der Waals surface area contributed by atoms with Gasteiger partial charge in [0.25, 0.3) is 0 Å². The maximum atomic E-state index is 8.58. The molecule has 4 rings (SSSR count). The number of para-hydroxylation sites is 1. The number of aliphatic imine (C=N–C) groups is 1. The molecule has 2 aliphatic rings. The Balaban J connectivity index is 2.07. The van der Waals surface area contributed by atoms with Crippen LogP contribution in [0.15, 0.2) is 57.2 Å². The van der Waals surface area contributed by atoms with Crippen LogP contribution in [0.4, 0.5) is 5.69 Å². The van der Waals surface area contributed by atoms with Crippen LogP contribution in [0.1, 0.15) is 16.5 Å². The molecule has 2 heterocycles.